The monoisotopic (exact) mass is 306 g/mol. The van der Waals surface area contributed by atoms with E-state index in [1.165, 1.54) is 11.1 Å². The van der Waals surface area contributed by atoms with Crippen molar-refractivity contribution in [2.24, 2.45) is 5.92 Å². The maximum Gasteiger partial charge on any atom is 0.225 e. The molecule has 1 aromatic carbocycles. The summed E-state index contributed by atoms with van der Waals surface area (Å²) in [7, 11) is 0. The zero-order valence-electron chi connectivity index (χ0n) is 12.4. The lowest BCUT2D eigenvalue weighted by Gasteiger charge is -2.09. The van der Waals surface area contributed by atoms with Crippen LogP contribution in [0.2, 0.25) is 0 Å². The molecule has 2 rings (SSSR count). The molecule has 114 valence electrons. The Hall–Kier alpha value is -1.49. The smallest absolute Gasteiger partial charge is 0.225 e. The lowest BCUT2D eigenvalue weighted by atomic mass is 10.1. The predicted molar refractivity (Wildman–Crippen MR) is 86.1 cm³/mol. The van der Waals surface area contributed by atoms with Crippen LogP contribution in [0, 0.1) is 12.8 Å². The SMILES string of the molecule is Cc1cccc(CSCCCNC(=O)[C@H]2CNC(=O)C2)c1. The fourth-order valence-electron chi connectivity index (χ4n) is 2.31. The second-order valence-electron chi connectivity index (χ2n) is 5.39. The van der Waals surface area contributed by atoms with Crippen molar-refractivity contribution in [2.75, 3.05) is 18.8 Å². The van der Waals surface area contributed by atoms with Crippen molar-refractivity contribution in [3.8, 4) is 0 Å². The summed E-state index contributed by atoms with van der Waals surface area (Å²) in [5, 5.41) is 5.59. The highest BCUT2D eigenvalue weighted by atomic mass is 32.2. The highest BCUT2D eigenvalue weighted by Crippen LogP contribution is 2.14. The Balaban J connectivity index is 1.54. The number of hydrogen-bond acceptors (Lipinski definition) is 3. The molecule has 2 N–H and O–H groups in total. The Kier molecular flexibility index (Phi) is 6.11. The van der Waals surface area contributed by atoms with Gasteiger partial charge >= 0.3 is 0 Å². The van der Waals surface area contributed by atoms with Crippen LogP contribution < -0.4 is 10.6 Å². The molecule has 1 atom stereocenters. The lowest BCUT2D eigenvalue weighted by Crippen LogP contribution is -2.32. The quantitative estimate of drug-likeness (QED) is 0.756. The number of aryl methyl sites for hydroxylation is 1. The zero-order valence-corrected chi connectivity index (χ0v) is 13.2. The number of nitrogens with one attached hydrogen (secondary N) is 2. The van der Waals surface area contributed by atoms with Crippen molar-refractivity contribution >= 4 is 23.6 Å². The minimum atomic E-state index is -0.183. The first-order valence-electron chi connectivity index (χ1n) is 7.33. The van der Waals surface area contributed by atoms with Crippen LogP contribution in [0.1, 0.15) is 24.0 Å². The number of thioether (sulfide) groups is 1. The third-order valence-corrected chi connectivity index (χ3v) is 4.58. The molecule has 0 spiro atoms. The van der Waals surface area contributed by atoms with Gasteiger partial charge in [0.15, 0.2) is 0 Å². The minimum Gasteiger partial charge on any atom is -0.356 e. The maximum atomic E-state index is 11.8. The molecule has 0 aromatic heterocycles. The van der Waals surface area contributed by atoms with Crippen molar-refractivity contribution in [1.82, 2.24) is 10.6 Å². The highest BCUT2D eigenvalue weighted by molar-refractivity contribution is 7.98. The average Bonchev–Trinajstić information content (AvgIpc) is 2.89. The van der Waals surface area contributed by atoms with Crippen molar-refractivity contribution in [2.45, 2.75) is 25.5 Å². The molecule has 1 aliphatic heterocycles. The predicted octanol–water partition coefficient (Wildman–Crippen LogP) is 1.87. The van der Waals surface area contributed by atoms with Crippen LogP contribution in [0.3, 0.4) is 0 Å². The van der Waals surface area contributed by atoms with Gasteiger partial charge in [0.25, 0.3) is 0 Å². The normalized spacial score (nSPS) is 17.6. The molecule has 1 heterocycles. The molecule has 1 aromatic rings. The Morgan fingerprint density at radius 1 is 1.48 bits per heavy atom. The molecule has 0 radical (unpaired) electrons. The Labute approximate surface area is 130 Å². The van der Waals surface area contributed by atoms with Crippen molar-refractivity contribution < 1.29 is 9.59 Å². The van der Waals surface area contributed by atoms with Gasteiger partial charge in [0.1, 0.15) is 0 Å². The van der Waals surface area contributed by atoms with E-state index in [4.69, 9.17) is 0 Å². The van der Waals surface area contributed by atoms with Gasteiger partial charge in [-0.1, -0.05) is 29.8 Å². The average molecular weight is 306 g/mol. The van der Waals surface area contributed by atoms with Gasteiger partial charge in [-0.15, -0.1) is 0 Å². The summed E-state index contributed by atoms with van der Waals surface area (Å²) in [6.07, 6.45) is 1.28. The Morgan fingerprint density at radius 2 is 2.33 bits per heavy atom. The summed E-state index contributed by atoms with van der Waals surface area (Å²) >= 11 is 1.88. The Morgan fingerprint density at radius 3 is 3.05 bits per heavy atom. The number of carbonyl (C=O) groups is 2. The second-order valence-corrected chi connectivity index (χ2v) is 6.50. The molecule has 1 fully saturated rings. The topological polar surface area (TPSA) is 58.2 Å². The summed E-state index contributed by atoms with van der Waals surface area (Å²) in [6, 6.07) is 8.54. The molecule has 4 nitrogen and oxygen atoms in total. The summed E-state index contributed by atoms with van der Waals surface area (Å²) < 4.78 is 0. The fraction of sp³-hybridized carbons (Fsp3) is 0.500. The molecule has 0 unspecified atom stereocenters. The van der Waals surface area contributed by atoms with Gasteiger partial charge < -0.3 is 10.6 Å². The van der Waals surface area contributed by atoms with E-state index in [1.807, 2.05) is 11.8 Å². The summed E-state index contributed by atoms with van der Waals surface area (Å²) in [6.45, 7) is 3.27. The van der Waals surface area contributed by atoms with E-state index in [1.54, 1.807) is 0 Å². The zero-order chi connectivity index (χ0) is 15.1. The van der Waals surface area contributed by atoms with E-state index in [-0.39, 0.29) is 17.7 Å². The van der Waals surface area contributed by atoms with E-state index < -0.39 is 0 Å². The maximum absolute atomic E-state index is 11.8. The molecule has 0 aliphatic carbocycles. The van der Waals surface area contributed by atoms with Crippen LogP contribution in [-0.2, 0) is 15.3 Å². The third kappa shape index (κ3) is 5.42. The molecular formula is C16H22N2O2S. The van der Waals surface area contributed by atoms with Gasteiger partial charge in [0, 0.05) is 25.3 Å². The summed E-state index contributed by atoms with van der Waals surface area (Å²) in [5.41, 5.74) is 2.64. The van der Waals surface area contributed by atoms with Crippen LogP contribution in [0.25, 0.3) is 0 Å². The van der Waals surface area contributed by atoms with Gasteiger partial charge in [-0.25, -0.2) is 0 Å². The number of benzene rings is 1. The molecule has 2 amide bonds. The standard InChI is InChI=1S/C16H22N2O2S/c1-12-4-2-5-13(8-12)11-21-7-3-6-17-16(20)14-9-15(19)18-10-14/h2,4-5,8,14H,3,6-7,9-11H2,1H3,(H,17,20)(H,18,19)/t14-/m1/s1. The summed E-state index contributed by atoms with van der Waals surface area (Å²) in [4.78, 5) is 22.8. The van der Waals surface area contributed by atoms with E-state index in [0.29, 0.717) is 19.5 Å². The first-order chi connectivity index (χ1) is 10.1. The van der Waals surface area contributed by atoms with Gasteiger partial charge in [0.05, 0.1) is 5.92 Å². The number of hydrogen-bond donors (Lipinski definition) is 2. The van der Waals surface area contributed by atoms with E-state index >= 15 is 0 Å². The largest absolute Gasteiger partial charge is 0.356 e. The van der Waals surface area contributed by atoms with Crippen LogP contribution >= 0.6 is 11.8 Å². The number of rotatable bonds is 7. The first-order valence-corrected chi connectivity index (χ1v) is 8.48. The van der Waals surface area contributed by atoms with Crippen LogP contribution in [-0.4, -0.2) is 30.7 Å². The van der Waals surface area contributed by atoms with E-state index in [0.717, 1.165) is 17.9 Å². The summed E-state index contributed by atoms with van der Waals surface area (Å²) in [5.74, 6) is 1.82. The number of carbonyl (C=O) groups excluding carboxylic acids is 2. The number of amides is 2. The molecule has 1 aliphatic rings. The lowest BCUT2D eigenvalue weighted by molar-refractivity contribution is -0.126. The fourth-order valence-corrected chi connectivity index (χ4v) is 3.22. The molecule has 0 saturated carbocycles. The van der Waals surface area contributed by atoms with Crippen molar-refractivity contribution in [3.63, 3.8) is 0 Å². The highest BCUT2D eigenvalue weighted by Gasteiger charge is 2.27. The minimum absolute atomic E-state index is 0.00275. The van der Waals surface area contributed by atoms with Gasteiger partial charge in [-0.3, -0.25) is 9.59 Å². The van der Waals surface area contributed by atoms with Gasteiger partial charge in [-0.2, -0.15) is 11.8 Å². The molecule has 5 heteroatoms. The van der Waals surface area contributed by atoms with Crippen molar-refractivity contribution in [1.29, 1.82) is 0 Å². The van der Waals surface area contributed by atoms with Gasteiger partial charge in [0.2, 0.25) is 11.8 Å². The van der Waals surface area contributed by atoms with Crippen LogP contribution in [0.15, 0.2) is 24.3 Å². The molecular weight excluding hydrogens is 284 g/mol. The van der Waals surface area contributed by atoms with Crippen LogP contribution in [0.5, 0.6) is 0 Å². The van der Waals surface area contributed by atoms with Gasteiger partial charge in [-0.05, 0) is 24.7 Å². The van der Waals surface area contributed by atoms with E-state index in [9.17, 15) is 9.59 Å². The second kappa shape index (κ2) is 8.08. The Bertz CT molecular complexity index is 505. The molecule has 1 saturated heterocycles. The third-order valence-electron chi connectivity index (χ3n) is 3.46. The van der Waals surface area contributed by atoms with Crippen LogP contribution in [0.4, 0.5) is 0 Å². The molecule has 21 heavy (non-hydrogen) atoms. The van der Waals surface area contributed by atoms with E-state index in [2.05, 4.69) is 41.8 Å². The first kappa shape index (κ1) is 15.9. The van der Waals surface area contributed by atoms with Crippen molar-refractivity contribution in [3.05, 3.63) is 35.4 Å². The molecule has 0 bridgehead atoms.